The van der Waals surface area contributed by atoms with Crippen molar-refractivity contribution in [1.29, 1.82) is 0 Å². The number of carbonyl (C=O) groups is 1. The summed E-state index contributed by atoms with van der Waals surface area (Å²) >= 11 is 0. The van der Waals surface area contributed by atoms with E-state index in [0.29, 0.717) is 25.6 Å². The predicted molar refractivity (Wildman–Crippen MR) is 107 cm³/mol. The van der Waals surface area contributed by atoms with E-state index in [1.165, 1.54) is 0 Å². The summed E-state index contributed by atoms with van der Waals surface area (Å²) in [4.78, 5) is 14.5. The van der Waals surface area contributed by atoms with Crippen molar-refractivity contribution >= 4 is 15.7 Å². The Morgan fingerprint density at radius 1 is 1.29 bits per heavy atom. The van der Waals surface area contributed by atoms with Crippen LogP contribution in [0.1, 0.15) is 24.8 Å². The molecule has 1 atom stereocenters. The molecule has 2 heterocycles. The molecule has 0 radical (unpaired) electrons. The average molecular weight is 411 g/mol. The first-order chi connectivity index (χ1) is 13.4. The van der Waals surface area contributed by atoms with Crippen LogP contribution in [0.2, 0.25) is 0 Å². The van der Waals surface area contributed by atoms with Crippen LogP contribution in [-0.2, 0) is 25.9 Å². The van der Waals surface area contributed by atoms with E-state index in [4.69, 9.17) is 9.47 Å². The van der Waals surface area contributed by atoms with Gasteiger partial charge in [0, 0.05) is 32.3 Å². The Hall–Kier alpha value is -1.64. The van der Waals surface area contributed by atoms with Crippen LogP contribution in [0.5, 0.6) is 5.75 Å². The van der Waals surface area contributed by atoms with Crippen molar-refractivity contribution in [3.8, 4) is 5.75 Å². The summed E-state index contributed by atoms with van der Waals surface area (Å²) in [5.41, 5.74) is 0.935. The van der Waals surface area contributed by atoms with Crippen LogP contribution in [0.4, 0.5) is 0 Å². The first-order valence-corrected chi connectivity index (χ1v) is 11.7. The van der Waals surface area contributed by atoms with Crippen molar-refractivity contribution in [2.75, 3.05) is 44.9 Å². The van der Waals surface area contributed by atoms with E-state index in [9.17, 15) is 13.2 Å². The fourth-order valence-corrected chi connectivity index (χ4v) is 5.44. The van der Waals surface area contributed by atoms with Gasteiger partial charge < -0.3 is 14.8 Å². The van der Waals surface area contributed by atoms with Gasteiger partial charge >= 0.3 is 0 Å². The zero-order chi connectivity index (χ0) is 20.0. The van der Waals surface area contributed by atoms with Crippen molar-refractivity contribution in [1.82, 2.24) is 10.2 Å². The highest BCUT2D eigenvalue weighted by Crippen LogP contribution is 2.19. The number of likely N-dealkylation sites (N-methyl/N-ethyl adjacent to an activating group) is 1. The van der Waals surface area contributed by atoms with Crippen LogP contribution in [0.25, 0.3) is 0 Å². The lowest BCUT2D eigenvalue weighted by Gasteiger charge is -2.31. The van der Waals surface area contributed by atoms with Crippen LogP contribution in [0.3, 0.4) is 0 Å². The van der Waals surface area contributed by atoms with Gasteiger partial charge in [-0.1, -0.05) is 12.1 Å². The number of carbonyl (C=O) groups excluding carboxylic acids is 1. The van der Waals surface area contributed by atoms with Gasteiger partial charge in [-0.05, 0) is 44.0 Å². The van der Waals surface area contributed by atoms with Gasteiger partial charge in [0.25, 0.3) is 0 Å². The molecular weight excluding hydrogens is 380 g/mol. The molecule has 0 saturated carbocycles. The molecule has 2 saturated heterocycles. The zero-order valence-corrected chi connectivity index (χ0v) is 17.2. The molecule has 28 heavy (non-hydrogen) atoms. The first-order valence-electron chi connectivity index (χ1n) is 9.91. The molecule has 1 amide bonds. The molecule has 1 aromatic rings. The third-order valence-corrected chi connectivity index (χ3v) is 7.26. The minimum Gasteiger partial charge on any atom is -0.492 e. The fraction of sp³-hybridized carbons (Fsp3) is 0.650. The second kappa shape index (κ2) is 9.71. The highest BCUT2D eigenvalue weighted by Gasteiger charge is 2.32. The smallest absolute Gasteiger partial charge is 0.224 e. The van der Waals surface area contributed by atoms with Gasteiger partial charge in [0.2, 0.25) is 5.91 Å². The topological polar surface area (TPSA) is 84.9 Å². The summed E-state index contributed by atoms with van der Waals surface area (Å²) in [7, 11) is -0.928. The van der Waals surface area contributed by atoms with Gasteiger partial charge in [0.05, 0.1) is 17.4 Å². The second-order valence-corrected chi connectivity index (χ2v) is 9.87. The number of nitrogens with one attached hydrogen (secondary N) is 1. The number of ether oxygens (including phenoxy) is 2. The van der Waals surface area contributed by atoms with Crippen molar-refractivity contribution in [3.63, 3.8) is 0 Å². The molecule has 156 valence electrons. The molecule has 1 unspecified atom stereocenters. The lowest BCUT2D eigenvalue weighted by atomic mass is 10.1. The van der Waals surface area contributed by atoms with Crippen LogP contribution in [-0.4, -0.2) is 70.2 Å². The summed E-state index contributed by atoms with van der Waals surface area (Å²) in [5, 5.41) is 2.84. The van der Waals surface area contributed by atoms with Crippen LogP contribution >= 0.6 is 0 Å². The van der Waals surface area contributed by atoms with Gasteiger partial charge in [-0.3, -0.25) is 9.69 Å². The summed E-state index contributed by atoms with van der Waals surface area (Å²) in [5.74, 6) is 0.227. The molecule has 7 nitrogen and oxygen atoms in total. The third-order valence-electron chi connectivity index (χ3n) is 5.50. The number of sulfone groups is 1. The first kappa shape index (κ1) is 21.1. The van der Waals surface area contributed by atoms with E-state index in [1.807, 2.05) is 24.3 Å². The SMILES string of the molecule is CN(CCOc1cccc(CNC(=O)C2CCS(=O)(=O)C2)c1)C1CCOCC1. The molecule has 8 heteroatoms. The standard InChI is InChI=1S/C20H30N2O5S/c1-22(18-5-9-26-10-6-18)8-11-27-19-4-2-3-16(13-19)14-21-20(23)17-7-12-28(24,25)15-17/h2-4,13,17-18H,5-12,14-15H2,1H3,(H,21,23). The number of hydrogen-bond donors (Lipinski definition) is 1. The van der Waals surface area contributed by atoms with Crippen molar-refractivity contribution in [2.24, 2.45) is 5.92 Å². The molecule has 0 aliphatic carbocycles. The normalized spacial score (nSPS) is 22.3. The van der Waals surface area contributed by atoms with Crippen LogP contribution < -0.4 is 10.1 Å². The highest BCUT2D eigenvalue weighted by molar-refractivity contribution is 7.91. The number of benzene rings is 1. The maximum atomic E-state index is 12.2. The molecule has 2 aliphatic heterocycles. The molecule has 0 spiro atoms. The number of amides is 1. The lowest BCUT2D eigenvalue weighted by molar-refractivity contribution is -0.124. The maximum absolute atomic E-state index is 12.2. The Kier molecular flexibility index (Phi) is 7.31. The van der Waals surface area contributed by atoms with Crippen molar-refractivity contribution in [2.45, 2.75) is 31.8 Å². The van der Waals surface area contributed by atoms with Gasteiger partial charge in [0.15, 0.2) is 9.84 Å². The second-order valence-electron chi connectivity index (χ2n) is 7.64. The third kappa shape index (κ3) is 6.18. The van der Waals surface area contributed by atoms with E-state index >= 15 is 0 Å². The molecular formula is C20H30N2O5S. The molecule has 0 bridgehead atoms. The largest absolute Gasteiger partial charge is 0.492 e. The molecule has 1 aromatic carbocycles. The van der Waals surface area contributed by atoms with Gasteiger partial charge in [-0.2, -0.15) is 0 Å². The minimum atomic E-state index is -3.05. The summed E-state index contributed by atoms with van der Waals surface area (Å²) in [6.45, 7) is 3.48. The molecule has 3 rings (SSSR count). The molecule has 2 fully saturated rings. The lowest BCUT2D eigenvalue weighted by Crippen LogP contribution is -2.38. The zero-order valence-electron chi connectivity index (χ0n) is 16.4. The molecule has 1 N–H and O–H groups in total. The van der Waals surface area contributed by atoms with E-state index in [2.05, 4.69) is 17.3 Å². The Morgan fingerprint density at radius 3 is 2.79 bits per heavy atom. The minimum absolute atomic E-state index is 0.0391. The van der Waals surface area contributed by atoms with Crippen LogP contribution in [0, 0.1) is 5.92 Å². The highest BCUT2D eigenvalue weighted by atomic mass is 32.2. The quantitative estimate of drug-likeness (QED) is 0.694. The van der Waals surface area contributed by atoms with E-state index in [-0.39, 0.29) is 17.4 Å². The summed E-state index contributed by atoms with van der Waals surface area (Å²) in [6, 6.07) is 8.20. The van der Waals surface area contributed by atoms with E-state index < -0.39 is 15.8 Å². The Bertz CT molecular complexity index is 762. The maximum Gasteiger partial charge on any atom is 0.224 e. The fourth-order valence-electron chi connectivity index (χ4n) is 3.70. The monoisotopic (exact) mass is 410 g/mol. The number of rotatable bonds is 8. The van der Waals surface area contributed by atoms with Crippen molar-refractivity contribution < 1.29 is 22.7 Å². The van der Waals surface area contributed by atoms with Gasteiger partial charge in [0.1, 0.15) is 12.4 Å². The van der Waals surface area contributed by atoms with E-state index in [1.54, 1.807) is 0 Å². The van der Waals surface area contributed by atoms with Crippen molar-refractivity contribution in [3.05, 3.63) is 29.8 Å². The Balaban J connectivity index is 1.41. The molecule has 2 aliphatic rings. The van der Waals surface area contributed by atoms with Gasteiger partial charge in [-0.25, -0.2) is 8.42 Å². The average Bonchev–Trinajstić information content (AvgIpc) is 3.07. The number of hydrogen-bond acceptors (Lipinski definition) is 6. The summed E-state index contributed by atoms with van der Waals surface area (Å²) in [6.07, 6.45) is 2.54. The summed E-state index contributed by atoms with van der Waals surface area (Å²) < 4.78 is 34.3. The number of nitrogens with zero attached hydrogens (tertiary/aromatic N) is 1. The predicted octanol–water partition coefficient (Wildman–Crippen LogP) is 1.23. The Morgan fingerprint density at radius 2 is 2.07 bits per heavy atom. The molecule has 0 aromatic heterocycles. The van der Waals surface area contributed by atoms with E-state index in [0.717, 1.165) is 43.9 Å². The van der Waals surface area contributed by atoms with Crippen LogP contribution in [0.15, 0.2) is 24.3 Å². The van der Waals surface area contributed by atoms with Gasteiger partial charge in [-0.15, -0.1) is 0 Å². The Labute approximate surface area is 167 Å².